The van der Waals surface area contributed by atoms with Crippen molar-refractivity contribution in [1.82, 2.24) is 0 Å². The highest BCUT2D eigenvalue weighted by Crippen LogP contribution is 2.44. The van der Waals surface area contributed by atoms with Gasteiger partial charge in [0.1, 0.15) is 0 Å². The van der Waals surface area contributed by atoms with Gasteiger partial charge in [-0.3, -0.25) is 4.79 Å². The standard InChI is InChI=1S/C18H18ClNO3S/c1-24(22,23)16-9-7-15(8-10-16)20-17(21)18(11-2-12-18)13-3-5-14(19)6-4-13/h3-10H,2,11-12H2,1H3,(H,20,21). The van der Waals surface area contributed by atoms with Crippen molar-refractivity contribution in [2.75, 3.05) is 11.6 Å². The number of sulfone groups is 1. The summed E-state index contributed by atoms with van der Waals surface area (Å²) in [6.07, 6.45) is 3.75. The molecule has 1 aliphatic rings. The van der Waals surface area contributed by atoms with Gasteiger partial charge in [0.05, 0.1) is 10.3 Å². The summed E-state index contributed by atoms with van der Waals surface area (Å²) in [5.74, 6) is -0.0665. The van der Waals surface area contributed by atoms with Crippen LogP contribution in [0.4, 0.5) is 5.69 Å². The Labute approximate surface area is 146 Å². The van der Waals surface area contributed by atoms with Crippen molar-refractivity contribution < 1.29 is 13.2 Å². The van der Waals surface area contributed by atoms with E-state index in [0.29, 0.717) is 10.7 Å². The third-order valence-corrected chi connectivity index (χ3v) is 5.96. The lowest BCUT2D eigenvalue weighted by Crippen LogP contribution is -2.45. The molecule has 126 valence electrons. The zero-order valence-electron chi connectivity index (χ0n) is 13.3. The smallest absolute Gasteiger partial charge is 0.235 e. The zero-order valence-corrected chi connectivity index (χ0v) is 14.8. The zero-order chi connectivity index (χ0) is 17.4. The number of halogens is 1. The van der Waals surface area contributed by atoms with Gasteiger partial charge in [0.15, 0.2) is 9.84 Å². The second kappa shape index (κ2) is 6.22. The molecule has 4 nitrogen and oxygen atoms in total. The van der Waals surface area contributed by atoms with Crippen LogP contribution < -0.4 is 5.32 Å². The van der Waals surface area contributed by atoms with Crippen LogP contribution in [0, 0.1) is 0 Å². The minimum Gasteiger partial charge on any atom is -0.325 e. The predicted octanol–water partition coefficient (Wildman–Crippen LogP) is 3.80. The summed E-state index contributed by atoms with van der Waals surface area (Å²) in [6, 6.07) is 13.6. The molecule has 0 radical (unpaired) electrons. The van der Waals surface area contributed by atoms with Crippen LogP contribution in [0.2, 0.25) is 5.02 Å². The van der Waals surface area contributed by atoms with Crippen LogP contribution in [0.25, 0.3) is 0 Å². The highest BCUT2D eigenvalue weighted by Gasteiger charge is 2.45. The van der Waals surface area contributed by atoms with E-state index in [0.717, 1.165) is 31.1 Å². The van der Waals surface area contributed by atoms with E-state index in [9.17, 15) is 13.2 Å². The fourth-order valence-corrected chi connectivity index (χ4v) is 3.74. The van der Waals surface area contributed by atoms with Crippen LogP contribution in [-0.2, 0) is 20.0 Å². The minimum atomic E-state index is -3.24. The number of carbonyl (C=O) groups is 1. The monoisotopic (exact) mass is 363 g/mol. The molecule has 0 unspecified atom stereocenters. The van der Waals surface area contributed by atoms with Gasteiger partial charge in [-0.2, -0.15) is 0 Å². The molecule has 6 heteroatoms. The SMILES string of the molecule is CS(=O)(=O)c1ccc(NC(=O)C2(c3ccc(Cl)cc3)CCC2)cc1. The van der Waals surface area contributed by atoms with Crippen molar-refractivity contribution in [3.05, 3.63) is 59.1 Å². The molecule has 1 saturated carbocycles. The molecule has 24 heavy (non-hydrogen) atoms. The lowest BCUT2D eigenvalue weighted by molar-refractivity contribution is -0.124. The van der Waals surface area contributed by atoms with E-state index in [4.69, 9.17) is 11.6 Å². The van der Waals surface area contributed by atoms with Gasteiger partial charge in [0.25, 0.3) is 0 Å². The van der Waals surface area contributed by atoms with Crippen molar-refractivity contribution >= 4 is 33.0 Å². The summed E-state index contributed by atoms with van der Waals surface area (Å²) in [5.41, 5.74) is 1.02. The lowest BCUT2D eigenvalue weighted by atomic mass is 9.64. The van der Waals surface area contributed by atoms with Gasteiger partial charge < -0.3 is 5.32 Å². The summed E-state index contributed by atoms with van der Waals surface area (Å²) in [4.78, 5) is 13.1. The fourth-order valence-electron chi connectivity index (χ4n) is 2.98. The molecule has 0 heterocycles. The summed E-state index contributed by atoms with van der Waals surface area (Å²) >= 11 is 5.93. The molecule has 0 atom stereocenters. The van der Waals surface area contributed by atoms with E-state index in [1.807, 2.05) is 12.1 Å². The Hall–Kier alpha value is -1.85. The Morgan fingerprint density at radius 1 is 1.04 bits per heavy atom. The molecule has 0 spiro atoms. The van der Waals surface area contributed by atoms with Gasteiger partial charge >= 0.3 is 0 Å². The molecule has 0 aromatic heterocycles. The third-order valence-electron chi connectivity index (χ3n) is 4.58. The largest absolute Gasteiger partial charge is 0.325 e. The van der Waals surface area contributed by atoms with E-state index >= 15 is 0 Å². The van der Waals surface area contributed by atoms with Crippen LogP contribution in [0.15, 0.2) is 53.4 Å². The second-order valence-electron chi connectivity index (χ2n) is 6.19. The van der Waals surface area contributed by atoms with Gasteiger partial charge in [0, 0.05) is 17.0 Å². The van der Waals surface area contributed by atoms with Crippen LogP contribution in [0.3, 0.4) is 0 Å². The molecule has 1 N–H and O–H groups in total. The molecule has 2 aromatic carbocycles. The molecular formula is C18H18ClNO3S. The van der Waals surface area contributed by atoms with Crippen LogP contribution in [0.5, 0.6) is 0 Å². The molecule has 1 amide bonds. The van der Waals surface area contributed by atoms with Crippen molar-refractivity contribution in [3.8, 4) is 0 Å². The molecule has 2 aromatic rings. The highest BCUT2D eigenvalue weighted by atomic mass is 35.5. The maximum atomic E-state index is 12.8. The second-order valence-corrected chi connectivity index (χ2v) is 8.65. The van der Waals surface area contributed by atoms with Crippen LogP contribution >= 0.6 is 11.6 Å². The first-order chi connectivity index (χ1) is 11.3. The normalized spacial score (nSPS) is 16.2. The van der Waals surface area contributed by atoms with Gasteiger partial charge in [-0.1, -0.05) is 30.2 Å². The highest BCUT2D eigenvalue weighted by molar-refractivity contribution is 7.90. The van der Waals surface area contributed by atoms with E-state index in [1.54, 1.807) is 24.3 Å². The summed E-state index contributed by atoms with van der Waals surface area (Å²) in [7, 11) is -3.24. The summed E-state index contributed by atoms with van der Waals surface area (Å²) < 4.78 is 23.0. The number of hydrogen-bond donors (Lipinski definition) is 1. The number of hydrogen-bond acceptors (Lipinski definition) is 3. The Kier molecular flexibility index (Phi) is 4.40. The van der Waals surface area contributed by atoms with Crippen LogP contribution in [0.1, 0.15) is 24.8 Å². The number of benzene rings is 2. The van der Waals surface area contributed by atoms with Crippen molar-refractivity contribution in [2.45, 2.75) is 29.6 Å². The number of anilines is 1. The number of amides is 1. The first kappa shape index (κ1) is 17.0. The lowest BCUT2D eigenvalue weighted by Gasteiger charge is -2.40. The number of carbonyl (C=O) groups excluding carboxylic acids is 1. The Morgan fingerprint density at radius 2 is 1.62 bits per heavy atom. The molecule has 1 fully saturated rings. The Balaban J connectivity index is 1.81. The topological polar surface area (TPSA) is 63.2 Å². The van der Waals surface area contributed by atoms with E-state index in [2.05, 4.69) is 5.32 Å². The summed E-state index contributed by atoms with van der Waals surface area (Å²) in [5, 5.41) is 3.55. The number of rotatable bonds is 4. The van der Waals surface area contributed by atoms with E-state index in [1.165, 1.54) is 12.1 Å². The minimum absolute atomic E-state index is 0.0665. The van der Waals surface area contributed by atoms with Crippen molar-refractivity contribution in [1.29, 1.82) is 0 Å². The van der Waals surface area contributed by atoms with Gasteiger partial charge in [-0.25, -0.2) is 8.42 Å². The maximum Gasteiger partial charge on any atom is 0.235 e. The van der Waals surface area contributed by atoms with Gasteiger partial charge in [-0.15, -0.1) is 0 Å². The quantitative estimate of drug-likeness (QED) is 0.898. The van der Waals surface area contributed by atoms with Gasteiger partial charge in [-0.05, 0) is 54.8 Å². The molecule has 0 saturated heterocycles. The Morgan fingerprint density at radius 3 is 2.08 bits per heavy atom. The molecule has 0 aliphatic heterocycles. The van der Waals surface area contributed by atoms with E-state index < -0.39 is 15.3 Å². The Bertz CT molecular complexity index is 854. The average Bonchev–Trinajstić information content (AvgIpc) is 2.47. The molecule has 3 rings (SSSR count). The van der Waals surface area contributed by atoms with Crippen molar-refractivity contribution in [2.24, 2.45) is 0 Å². The first-order valence-electron chi connectivity index (χ1n) is 7.69. The maximum absolute atomic E-state index is 12.8. The molecule has 1 aliphatic carbocycles. The summed E-state index contributed by atoms with van der Waals surface area (Å²) in [6.45, 7) is 0. The molecular weight excluding hydrogens is 346 g/mol. The first-order valence-corrected chi connectivity index (χ1v) is 9.96. The predicted molar refractivity (Wildman–Crippen MR) is 95.2 cm³/mol. The van der Waals surface area contributed by atoms with E-state index in [-0.39, 0.29) is 10.8 Å². The molecule has 0 bridgehead atoms. The van der Waals surface area contributed by atoms with Crippen molar-refractivity contribution in [3.63, 3.8) is 0 Å². The van der Waals surface area contributed by atoms with Crippen LogP contribution in [-0.4, -0.2) is 20.6 Å². The fraction of sp³-hybridized carbons (Fsp3) is 0.278. The van der Waals surface area contributed by atoms with Gasteiger partial charge in [0.2, 0.25) is 5.91 Å². The average molecular weight is 364 g/mol. The number of nitrogens with one attached hydrogen (secondary N) is 1. The third kappa shape index (κ3) is 3.19.